The molecule has 2 aromatic heterocycles. The number of nitrogens with one attached hydrogen (secondary N) is 1. The summed E-state index contributed by atoms with van der Waals surface area (Å²) >= 11 is 3.47. The van der Waals surface area contributed by atoms with Crippen molar-refractivity contribution in [2.45, 2.75) is 18.4 Å². The van der Waals surface area contributed by atoms with Crippen molar-refractivity contribution in [3.63, 3.8) is 0 Å². The highest BCUT2D eigenvalue weighted by Gasteiger charge is 2.35. The van der Waals surface area contributed by atoms with Crippen molar-refractivity contribution in [3.8, 4) is 0 Å². The Labute approximate surface area is 211 Å². The van der Waals surface area contributed by atoms with Crippen LogP contribution in [0.2, 0.25) is 0 Å². The van der Waals surface area contributed by atoms with Gasteiger partial charge >= 0.3 is 0 Å². The lowest BCUT2D eigenvalue weighted by Crippen LogP contribution is -2.43. The van der Waals surface area contributed by atoms with Crippen molar-refractivity contribution in [3.05, 3.63) is 95.1 Å². The lowest BCUT2D eigenvalue weighted by atomic mass is 9.84. The Balaban J connectivity index is 1.30. The minimum atomic E-state index is -0.839. The third kappa shape index (κ3) is 4.33. The molecule has 6 nitrogen and oxygen atoms in total. The van der Waals surface area contributed by atoms with Crippen LogP contribution in [0.5, 0.6) is 0 Å². The van der Waals surface area contributed by atoms with E-state index in [0.29, 0.717) is 31.9 Å². The molecule has 7 heteroatoms. The molecule has 6 rings (SSSR count). The quantitative estimate of drug-likeness (QED) is 0.292. The molecule has 0 radical (unpaired) electrons. The molecular formula is C28H24BrN5O. The van der Waals surface area contributed by atoms with Crippen LogP contribution >= 0.6 is 15.9 Å². The van der Waals surface area contributed by atoms with Crippen molar-refractivity contribution in [2.24, 2.45) is 0 Å². The number of para-hydroxylation sites is 1. The summed E-state index contributed by atoms with van der Waals surface area (Å²) in [4.78, 5) is 16.4. The number of benzene rings is 3. The Morgan fingerprint density at radius 1 is 0.857 bits per heavy atom. The molecule has 2 N–H and O–H groups in total. The van der Waals surface area contributed by atoms with E-state index in [9.17, 15) is 5.11 Å². The third-order valence-electron chi connectivity index (χ3n) is 6.71. The average molecular weight is 526 g/mol. The highest BCUT2D eigenvalue weighted by Crippen LogP contribution is 2.35. The van der Waals surface area contributed by atoms with E-state index in [1.165, 1.54) is 0 Å². The first-order chi connectivity index (χ1) is 17.1. The third-order valence-corrected chi connectivity index (χ3v) is 7.24. The molecule has 1 aliphatic heterocycles. The van der Waals surface area contributed by atoms with Gasteiger partial charge in [-0.05, 0) is 66.9 Å². The summed E-state index contributed by atoms with van der Waals surface area (Å²) in [6.45, 7) is 1.35. The fourth-order valence-corrected chi connectivity index (χ4v) is 4.98. The van der Waals surface area contributed by atoms with Crippen LogP contribution in [0, 0.1) is 0 Å². The normalized spacial score (nSPS) is 15.4. The number of aromatic nitrogens is 3. The van der Waals surface area contributed by atoms with Gasteiger partial charge in [0.2, 0.25) is 5.95 Å². The van der Waals surface area contributed by atoms with Gasteiger partial charge in [-0.1, -0.05) is 46.3 Å². The molecule has 1 fully saturated rings. The Bertz CT molecular complexity index is 1510. The van der Waals surface area contributed by atoms with Gasteiger partial charge in [-0.3, -0.25) is 4.98 Å². The van der Waals surface area contributed by atoms with Gasteiger partial charge in [-0.15, -0.1) is 0 Å². The molecule has 0 amide bonds. The molecule has 1 aliphatic rings. The molecule has 0 spiro atoms. The summed E-state index contributed by atoms with van der Waals surface area (Å²) < 4.78 is 1.01. The molecule has 0 unspecified atom stereocenters. The second kappa shape index (κ2) is 8.91. The van der Waals surface area contributed by atoms with Gasteiger partial charge < -0.3 is 15.3 Å². The number of pyridine rings is 1. The second-order valence-corrected chi connectivity index (χ2v) is 9.87. The Morgan fingerprint density at radius 3 is 2.49 bits per heavy atom. The maximum absolute atomic E-state index is 11.3. The number of nitrogens with zero attached hydrogens (tertiary/aromatic N) is 4. The summed E-state index contributed by atoms with van der Waals surface area (Å²) in [5, 5.41) is 16.8. The zero-order valence-corrected chi connectivity index (χ0v) is 20.6. The van der Waals surface area contributed by atoms with Crippen molar-refractivity contribution in [1.29, 1.82) is 0 Å². The lowest BCUT2D eigenvalue weighted by Gasteiger charge is -2.38. The lowest BCUT2D eigenvalue weighted by molar-refractivity contribution is 0.0115. The first kappa shape index (κ1) is 21.9. The average Bonchev–Trinajstić information content (AvgIpc) is 2.89. The fraction of sp³-hybridized carbons (Fsp3) is 0.179. The van der Waals surface area contributed by atoms with Crippen LogP contribution in [0.3, 0.4) is 0 Å². The summed E-state index contributed by atoms with van der Waals surface area (Å²) in [5.41, 5.74) is 2.90. The summed E-state index contributed by atoms with van der Waals surface area (Å²) in [7, 11) is 0. The zero-order chi connectivity index (χ0) is 23.8. The fourth-order valence-electron chi connectivity index (χ4n) is 4.72. The molecule has 3 heterocycles. The molecule has 0 bridgehead atoms. The van der Waals surface area contributed by atoms with Crippen LogP contribution in [0.4, 0.5) is 17.5 Å². The van der Waals surface area contributed by atoms with E-state index in [0.717, 1.165) is 43.3 Å². The van der Waals surface area contributed by atoms with Crippen LogP contribution in [0.15, 0.2) is 89.5 Å². The van der Waals surface area contributed by atoms with Gasteiger partial charge in [0.15, 0.2) is 0 Å². The number of rotatable bonds is 4. The first-order valence-electron chi connectivity index (χ1n) is 11.7. The molecule has 0 saturated carbocycles. The molecule has 0 atom stereocenters. The van der Waals surface area contributed by atoms with Gasteiger partial charge in [0.05, 0.1) is 16.6 Å². The van der Waals surface area contributed by atoms with E-state index in [1.54, 1.807) is 6.20 Å². The highest BCUT2D eigenvalue weighted by atomic mass is 79.9. The Kier molecular flexibility index (Phi) is 5.59. The van der Waals surface area contributed by atoms with E-state index in [1.807, 2.05) is 66.7 Å². The summed E-state index contributed by atoms with van der Waals surface area (Å²) in [5.74, 6) is 1.44. The van der Waals surface area contributed by atoms with E-state index in [2.05, 4.69) is 43.3 Å². The number of fused-ring (bicyclic) bond motifs is 2. The topological polar surface area (TPSA) is 74.2 Å². The minimum Gasteiger partial charge on any atom is -0.385 e. The summed E-state index contributed by atoms with van der Waals surface area (Å²) in [6.07, 6.45) is 3.03. The molecule has 5 aromatic rings. The van der Waals surface area contributed by atoms with E-state index >= 15 is 0 Å². The smallest absolute Gasteiger partial charge is 0.227 e. The number of hydrogen-bond acceptors (Lipinski definition) is 6. The van der Waals surface area contributed by atoms with Crippen molar-refractivity contribution in [1.82, 2.24) is 15.0 Å². The molecule has 0 aliphatic carbocycles. The number of piperidine rings is 1. The van der Waals surface area contributed by atoms with Crippen LogP contribution in [0.1, 0.15) is 18.4 Å². The van der Waals surface area contributed by atoms with Crippen LogP contribution < -0.4 is 10.2 Å². The number of hydrogen-bond donors (Lipinski definition) is 2. The van der Waals surface area contributed by atoms with Crippen LogP contribution in [-0.4, -0.2) is 33.1 Å². The van der Waals surface area contributed by atoms with Gasteiger partial charge in [0, 0.05) is 40.2 Å². The molecular weight excluding hydrogens is 502 g/mol. The largest absolute Gasteiger partial charge is 0.385 e. The Morgan fingerprint density at radius 2 is 1.66 bits per heavy atom. The van der Waals surface area contributed by atoms with Gasteiger partial charge in [0.1, 0.15) is 5.82 Å². The van der Waals surface area contributed by atoms with E-state index in [4.69, 9.17) is 9.97 Å². The number of aliphatic hydroxyl groups is 1. The number of halogens is 1. The Hall–Kier alpha value is -3.55. The van der Waals surface area contributed by atoms with Gasteiger partial charge in [-0.2, -0.15) is 4.98 Å². The SMILES string of the molecule is OC1(c2ccc(Br)cc2)CCN(c2nc(Nc3ccc4ncccc4c3)c3ccccc3n2)CC1. The second-order valence-electron chi connectivity index (χ2n) is 8.95. The minimum absolute atomic E-state index is 0.616. The monoisotopic (exact) mass is 525 g/mol. The molecule has 3 aromatic carbocycles. The predicted octanol–water partition coefficient (Wildman–Crippen LogP) is 6.17. The van der Waals surface area contributed by atoms with E-state index < -0.39 is 5.60 Å². The van der Waals surface area contributed by atoms with E-state index in [-0.39, 0.29) is 0 Å². The van der Waals surface area contributed by atoms with Crippen molar-refractivity contribution < 1.29 is 5.11 Å². The van der Waals surface area contributed by atoms with Crippen LogP contribution in [-0.2, 0) is 5.60 Å². The van der Waals surface area contributed by atoms with Gasteiger partial charge in [0.25, 0.3) is 0 Å². The van der Waals surface area contributed by atoms with Crippen molar-refractivity contribution in [2.75, 3.05) is 23.3 Å². The maximum atomic E-state index is 11.3. The number of anilines is 3. The maximum Gasteiger partial charge on any atom is 0.227 e. The standard InChI is InChI=1S/C28H24BrN5O/c29-21-9-7-20(8-10-21)28(35)13-16-34(17-14-28)27-32-25-6-2-1-5-23(25)26(33-27)31-22-11-12-24-19(18-22)4-3-15-30-24/h1-12,15,18,35H,13-14,16-17H2,(H,31,32,33). The highest BCUT2D eigenvalue weighted by molar-refractivity contribution is 9.10. The van der Waals surface area contributed by atoms with Crippen LogP contribution in [0.25, 0.3) is 21.8 Å². The molecule has 1 saturated heterocycles. The summed E-state index contributed by atoms with van der Waals surface area (Å²) in [6, 6.07) is 26.1. The van der Waals surface area contributed by atoms with Crippen molar-refractivity contribution >= 4 is 55.2 Å². The molecule has 35 heavy (non-hydrogen) atoms. The predicted molar refractivity (Wildman–Crippen MR) is 144 cm³/mol. The zero-order valence-electron chi connectivity index (χ0n) is 19.0. The van der Waals surface area contributed by atoms with Gasteiger partial charge in [-0.25, -0.2) is 4.98 Å². The first-order valence-corrected chi connectivity index (χ1v) is 12.5. The molecule has 174 valence electrons.